The molecule has 2 N–H and O–H groups in total. The zero-order valence-electron chi connectivity index (χ0n) is 19.8. The summed E-state index contributed by atoms with van der Waals surface area (Å²) in [5.74, 6) is -0.468. The van der Waals surface area contributed by atoms with Gasteiger partial charge in [0.15, 0.2) is 17.2 Å². The quantitative estimate of drug-likeness (QED) is 0.440. The number of ether oxygens (including phenoxy) is 4. The maximum Gasteiger partial charge on any atom is 0.331 e. The Labute approximate surface area is 200 Å². The molecule has 12 heteroatoms. The standard InChI is InChI=1S/C23H27N5O7/c1-4-34-17(29)12-27-19-18(20(24)30)25-21(15-10-13(32-2)7-8-16(15)33-3)26-22(19)28(23(27)31)11-14-6-5-9-35-14/h7-8,10,14H,4-6,9,11-12H2,1-3H3,(H2,24,30)/t14-/m0/s1. The summed E-state index contributed by atoms with van der Waals surface area (Å²) in [5.41, 5.74) is 5.57. The van der Waals surface area contributed by atoms with E-state index in [9.17, 15) is 14.4 Å². The number of rotatable bonds is 9. The van der Waals surface area contributed by atoms with Gasteiger partial charge in [-0.05, 0) is 38.0 Å². The molecule has 2 aromatic heterocycles. The molecule has 1 aromatic carbocycles. The van der Waals surface area contributed by atoms with Gasteiger partial charge in [0.05, 0.1) is 39.0 Å². The summed E-state index contributed by atoms with van der Waals surface area (Å²) in [4.78, 5) is 47.3. The van der Waals surface area contributed by atoms with E-state index in [-0.39, 0.29) is 41.9 Å². The highest BCUT2D eigenvalue weighted by atomic mass is 16.5. The summed E-state index contributed by atoms with van der Waals surface area (Å²) in [7, 11) is 3.00. The molecule has 1 atom stereocenters. The van der Waals surface area contributed by atoms with Gasteiger partial charge in [-0.2, -0.15) is 0 Å². The Kier molecular flexibility index (Phi) is 7.01. The van der Waals surface area contributed by atoms with E-state index in [2.05, 4.69) is 9.97 Å². The lowest BCUT2D eigenvalue weighted by molar-refractivity contribution is -0.143. The lowest BCUT2D eigenvalue weighted by Gasteiger charge is -2.12. The van der Waals surface area contributed by atoms with Crippen LogP contribution in [0, 0.1) is 0 Å². The molecule has 1 amide bonds. The van der Waals surface area contributed by atoms with Crippen LogP contribution in [0.5, 0.6) is 11.5 Å². The first-order valence-electron chi connectivity index (χ1n) is 11.2. The number of primary amides is 1. The number of benzene rings is 1. The number of hydrogen-bond acceptors (Lipinski definition) is 9. The van der Waals surface area contributed by atoms with Gasteiger partial charge in [-0.25, -0.2) is 14.8 Å². The van der Waals surface area contributed by atoms with Gasteiger partial charge in [-0.3, -0.25) is 18.7 Å². The van der Waals surface area contributed by atoms with Crippen molar-refractivity contribution in [2.75, 3.05) is 27.4 Å². The van der Waals surface area contributed by atoms with E-state index in [0.717, 1.165) is 17.4 Å². The second-order valence-electron chi connectivity index (χ2n) is 7.92. The second kappa shape index (κ2) is 10.1. The largest absolute Gasteiger partial charge is 0.497 e. The van der Waals surface area contributed by atoms with E-state index < -0.39 is 24.1 Å². The minimum atomic E-state index is -0.882. The number of fused-ring (bicyclic) bond motifs is 1. The Morgan fingerprint density at radius 3 is 2.63 bits per heavy atom. The molecular formula is C23H27N5O7. The van der Waals surface area contributed by atoms with Gasteiger partial charge >= 0.3 is 11.7 Å². The van der Waals surface area contributed by atoms with Crippen LogP contribution in [0.25, 0.3) is 22.6 Å². The van der Waals surface area contributed by atoms with Gasteiger partial charge in [0.2, 0.25) is 0 Å². The van der Waals surface area contributed by atoms with Crippen molar-refractivity contribution < 1.29 is 28.5 Å². The second-order valence-corrected chi connectivity index (χ2v) is 7.92. The maximum absolute atomic E-state index is 13.5. The van der Waals surface area contributed by atoms with Crippen LogP contribution in [0.1, 0.15) is 30.3 Å². The van der Waals surface area contributed by atoms with Crippen LogP contribution in [0.15, 0.2) is 23.0 Å². The molecule has 0 spiro atoms. The zero-order valence-corrected chi connectivity index (χ0v) is 19.8. The summed E-state index contributed by atoms with van der Waals surface area (Å²) in [6, 6.07) is 5.04. The molecule has 3 heterocycles. The van der Waals surface area contributed by atoms with Crippen molar-refractivity contribution in [3.63, 3.8) is 0 Å². The molecule has 0 radical (unpaired) electrons. The van der Waals surface area contributed by atoms with Gasteiger partial charge in [0.1, 0.15) is 23.6 Å². The van der Waals surface area contributed by atoms with E-state index in [1.165, 1.54) is 18.8 Å². The number of carbonyl (C=O) groups excluding carboxylic acids is 2. The smallest absolute Gasteiger partial charge is 0.331 e. The number of nitrogens with zero attached hydrogens (tertiary/aromatic N) is 4. The molecular weight excluding hydrogens is 458 g/mol. The topological polar surface area (TPSA) is 150 Å². The van der Waals surface area contributed by atoms with Crippen molar-refractivity contribution >= 4 is 23.0 Å². The number of nitrogens with two attached hydrogens (primary N) is 1. The number of carbonyl (C=O) groups is 2. The third-order valence-electron chi connectivity index (χ3n) is 5.74. The van der Waals surface area contributed by atoms with E-state index in [1.54, 1.807) is 25.1 Å². The molecule has 4 rings (SSSR count). The summed E-state index contributed by atoms with van der Waals surface area (Å²) in [6.45, 7) is 2.16. The molecule has 3 aromatic rings. The predicted octanol–water partition coefficient (Wildman–Crippen LogP) is 1.12. The van der Waals surface area contributed by atoms with Gasteiger partial charge in [0.25, 0.3) is 5.91 Å². The van der Waals surface area contributed by atoms with Crippen molar-refractivity contribution in [1.82, 2.24) is 19.1 Å². The normalized spacial score (nSPS) is 15.3. The van der Waals surface area contributed by atoms with Crippen molar-refractivity contribution in [1.29, 1.82) is 0 Å². The van der Waals surface area contributed by atoms with Crippen LogP contribution >= 0.6 is 0 Å². The first-order valence-corrected chi connectivity index (χ1v) is 11.2. The first kappa shape index (κ1) is 24.2. The van der Waals surface area contributed by atoms with E-state index in [1.807, 2.05) is 0 Å². The lowest BCUT2D eigenvalue weighted by Crippen LogP contribution is -2.31. The van der Waals surface area contributed by atoms with Crippen LogP contribution in [-0.4, -0.2) is 64.5 Å². The molecule has 186 valence electrons. The molecule has 1 aliphatic heterocycles. The Balaban J connectivity index is 2.00. The molecule has 35 heavy (non-hydrogen) atoms. The summed E-state index contributed by atoms with van der Waals surface area (Å²) < 4.78 is 24.0. The number of amides is 1. The molecule has 12 nitrogen and oxygen atoms in total. The van der Waals surface area contributed by atoms with Crippen molar-refractivity contribution in [3.8, 4) is 22.9 Å². The average Bonchev–Trinajstić information content (AvgIpc) is 3.46. The summed E-state index contributed by atoms with van der Waals surface area (Å²) in [6.07, 6.45) is 1.42. The highest BCUT2D eigenvalue weighted by Gasteiger charge is 2.28. The van der Waals surface area contributed by atoms with E-state index >= 15 is 0 Å². The van der Waals surface area contributed by atoms with Gasteiger partial charge in [0, 0.05) is 6.61 Å². The van der Waals surface area contributed by atoms with Crippen molar-refractivity contribution in [3.05, 3.63) is 34.4 Å². The maximum atomic E-state index is 13.5. The summed E-state index contributed by atoms with van der Waals surface area (Å²) >= 11 is 0. The molecule has 0 saturated carbocycles. The number of esters is 1. The van der Waals surface area contributed by atoms with Crippen LogP contribution in [-0.2, 0) is 27.4 Å². The first-order chi connectivity index (χ1) is 16.9. The third kappa shape index (κ3) is 4.69. The van der Waals surface area contributed by atoms with E-state index in [4.69, 9.17) is 24.7 Å². The minimum Gasteiger partial charge on any atom is -0.497 e. The lowest BCUT2D eigenvalue weighted by atomic mass is 10.1. The molecule has 0 bridgehead atoms. The monoisotopic (exact) mass is 485 g/mol. The minimum absolute atomic E-state index is 0.0548. The van der Waals surface area contributed by atoms with Crippen molar-refractivity contribution in [2.45, 2.75) is 39.0 Å². The predicted molar refractivity (Wildman–Crippen MR) is 124 cm³/mol. The SMILES string of the molecule is CCOC(=O)Cn1c(=O)n(C[C@@H]2CCCO2)c2nc(-c3cc(OC)ccc3OC)nc(C(N)=O)c21. The average molecular weight is 485 g/mol. The number of aromatic nitrogens is 4. The van der Waals surface area contributed by atoms with Gasteiger partial charge in [-0.15, -0.1) is 0 Å². The van der Waals surface area contributed by atoms with Gasteiger partial charge in [-0.1, -0.05) is 0 Å². The molecule has 0 unspecified atom stereocenters. The Morgan fingerprint density at radius 2 is 2.00 bits per heavy atom. The number of methoxy groups -OCH3 is 2. The fraction of sp³-hybridized carbons (Fsp3) is 0.435. The Morgan fingerprint density at radius 1 is 1.20 bits per heavy atom. The van der Waals surface area contributed by atoms with Crippen LogP contribution in [0.2, 0.25) is 0 Å². The number of imidazole rings is 1. The zero-order chi connectivity index (χ0) is 25.1. The third-order valence-corrected chi connectivity index (χ3v) is 5.74. The van der Waals surface area contributed by atoms with Crippen LogP contribution in [0.4, 0.5) is 0 Å². The fourth-order valence-corrected chi connectivity index (χ4v) is 4.13. The van der Waals surface area contributed by atoms with Gasteiger partial charge < -0.3 is 24.7 Å². The molecule has 1 fully saturated rings. The fourth-order valence-electron chi connectivity index (χ4n) is 4.13. The highest BCUT2D eigenvalue weighted by Crippen LogP contribution is 2.33. The highest BCUT2D eigenvalue weighted by molar-refractivity contribution is 6.02. The van der Waals surface area contributed by atoms with Crippen LogP contribution < -0.4 is 20.9 Å². The van der Waals surface area contributed by atoms with Crippen molar-refractivity contribution in [2.24, 2.45) is 5.73 Å². The van der Waals surface area contributed by atoms with Crippen LogP contribution in [0.3, 0.4) is 0 Å². The Bertz CT molecular complexity index is 1320. The molecule has 1 saturated heterocycles. The molecule has 1 aliphatic rings. The molecule has 0 aliphatic carbocycles. The van der Waals surface area contributed by atoms with E-state index in [0.29, 0.717) is 23.7 Å². The number of hydrogen-bond donors (Lipinski definition) is 1. The summed E-state index contributed by atoms with van der Waals surface area (Å²) in [5, 5.41) is 0. The Hall–Kier alpha value is -3.93.